The molecule has 0 aliphatic heterocycles. The van der Waals surface area contributed by atoms with Gasteiger partial charge in [0.05, 0.1) is 16.1 Å². The number of carbonyl (C=O) groups excluding carboxylic acids is 1. The van der Waals surface area contributed by atoms with Gasteiger partial charge in [0, 0.05) is 8.59 Å². The third-order valence-electron chi connectivity index (χ3n) is 3.79. The van der Waals surface area contributed by atoms with Crippen LogP contribution in [0.2, 0.25) is 5.02 Å². The predicted octanol–water partition coefficient (Wildman–Crippen LogP) is 4.12. The third-order valence-corrected chi connectivity index (χ3v) is 5.31. The zero-order valence-electron chi connectivity index (χ0n) is 10.9. The summed E-state index contributed by atoms with van der Waals surface area (Å²) in [5.41, 5.74) is 5.92. The lowest BCUT2D eigenvalue weighted by atomic mass is 9.73. The summed E-state index contributed by atoms with van der Waals surface area (Å²) >= 11 is 13.2. The van der Waals surface area contributed by atoms with Crippen molar-refractivity contribution in [3.63, 3.8) is 0 Å². The van der Waals surface area contributed by atoms with Gasteiger partial charge in [-0.25, -0.2) is 0 Å². The Kier molecular flexibility index (Phi) is 5.25. The lowest BCUT2D eigenvalue weighted by molar-refractivity contribution is -0.123. The van der Waals surface area contributed by atoms with Gasteiger partial charge >= 0.3 is 0 Å². The van der Waals surface area contributed by atoms with Gasteiger partial charge in [-0.15, -0.1) is 0 Å². The van der Waals surface area contributed by atoms with Crippen molar-refractivity contribution in [3.8, 4) is 0 Å². The second-order valence-corrected chi connectivity index (χ2v) is 7.12. The number of amides is 1. The molecule has 6 heteroatoms. The van der Waals surface area contributed by atoms with E-state index >= 15 is 0 Å². The van der Waals surface area contributed by atoms with E-state index in [1.165, 1.54) is 0 Å². The van der Waals surface area contributed by atoms with Crippen molar-refractivity contribution in [2.75, 3.05) is 5.32 Å². The molecule has 1 aliphatic carbocycles. The first kappa shape index (κ1) is 16.0. The van der Waals surface area contributed by atoms with Crippen molar-refractivity contribution in [1.82, 2.24) is 0 Å². The Morgan fingerprint density at radius 1 is 1.35 bits per heavy atom. The fraction of sp³-hybridized carbons (Fsp3) is 0.429. The highest BCUT2D eigenvalue weighted by atomic mass is 127. The number of carbonyl (C=O) groups is 1. The second kappa shape index (κ2) is 6.58. The van der Waals surface area contributed by atoms with E-state index in [4.69, 9.17) is 29.6 Å². The van der Waals surface area contributed by atoms with Crippen LogP contribution in [0.15, 0.2) is 18.2 Å². The smallest absolute Gasteiger partial charge is 0.237 e. The highest BCUT2D eigenvalue weighted by molar-refractivity contribution is 14.1. The summed E-state index contributed by atoms with van der Waals surface area (Å²) in [5.74, 6) is -0.0926. The Hall–Kier alpha value is -0.400. The molecule has 0 atom stereocenters. The summed E-state index contributed by atoms with van der Waals surface area (Å²) in [6.45, 7) is 0. The zero-order valence-corrected chi connectivity index (χ0v) is 14.6. The highest BCUT2D eigenvalue weighted by Crippen LogP contribution is 2.38. The number of nitrogens with two attached hydrogens (primary N) is 1. The van der Waals surface area contributed by atoms with E-state index < -0.39 is 5.41 Å². The third kappa shape index (κ3) is 3.26. The first-order valence-corrected chi connectivity index (χ1v) is 8.38. The van der Waals surface area contributed by atoms with Crippen molar-refractivity contribution in [2.24, 2.45) is 11.1 Å². The van der Waals surface area contributed by atoms with Crippen molar-refractivity contribution in [2.45, 2.75) is 32.1 Å². The van der Waals surface area contributed by atoms with Crippen LogP contribution in [0.1, 0.15) is 32.1 Å². The van der Waals surface area contributed by atoms with Gasteiger partial charge in [-0.05, 0) is 53.6 Å². The molecular formula is C14H16ClIN2OS. The SMILES string of the molecule is NC(=S)C1(C(=O)Nc2ccc(Cl)cc2I)CCCCC1. The molecule has 0 aromatic heterocycles. The summed E-state index contributed by atoms with van der Waals surface area (Å²) in [4.78, 5) is 13.0. The van der Waals surface area contributed by atoms with E-state index in [-0.39, 0.29) is 5.91 Å². The predicted molar refractivity (Wildman–Crippen MR) is 95.1 cm³/mol. The zero-order chi connectivity index (χ0) is 14.8. The van der Waals surface area contributed by atoms with E-state index in [0.29, 0.717) is 10.0 Å². The molecule has 3 nitrogen and oxygen atoms in total. The second-order valence-electron chi connectivity index (χ2n) is 5.09. The molecule has 2 rings (SSSR count). The number of hydrogen-bond donors (Lipinski definition) is 2. The van der Waals surface area contributed by atoms with Gasteiger partial charge in [0.1, 0.15) is 0 Å². The maximum absolute atomic E-state index is 12.7. The molecule has 0 bridgehead atoms. The molecule has 1 aromatic carbocycles. The Morgan fingerprint density at radius 2 is 2.00 bits per heavy atom. The minimum Gasteiger partial charge on any atom is -0.392 e. The van der Waals surface area contributed by atoms with E-state index in [1.807, 2.05) is 6.07 Å². The van der Waals surface area contributed by atoms with Crippen molar-refractivity contribution in [3.05, 3.63) is 26.8 Å². The van der Waals surface area contributed by atoms with Gasteiger partial charge in [-0.3, -0.25) is 4.79 Å². The van der Waals surface area contributed by atoms with Crippen LogP contribution in [0.4, 0.5) is 5.69 Å². The minimum absolute atomic E-state index is 0.0926. The van der Waals surface area contributed by atoms with Gasteiger partial charge in [0.15, 0.2) is 0 Å². The molecule has 1 aromatic rings. The van der Waals surface area contributed by atoms with E-state index in [2.05, 4.69) is 27.9 Å². The Bertz CT molecular complexity index is 544. The topological polar surface area (TPSA) is 55.1 Å². The number of nitrogens with one attached hydrogen (secondary N) is 1. The van der Waals surface area contributed by atoms with Crippen molar-refractivity contribution < 1.29 is 4.79 Å². The van der Waals surface area contributed by atoms with E-state index in [0.717, 1.165) is 41.4 Å². The number of thiocarbonyl (C=S) groups is 1. The van der Waals surface area contributed by atoms with Gasteiger partial charge in [0.2, 0.25) is 5.91 Å². The molecule has 108 valence electrons. The summed E-state index contributed by atoms with van der Waals surface area (Å²) in [6.07, 6.45) is 4.58. The van der Waals surface area contributed by atoms with Gasteiger partial charge in [0.25, 0.3) is 0 Å². The average Bonchev–Trinajstić information content (AvgIpc) is 2.42. The molecule has 0 heterocycles. The van der Waals surface area contributed by atoms with Crippen LogP contribution in [0.3, 0.4) is 0 Å². The molecule has 1 saturated carbocycles. The Labute approximate surface area is 142 Å². The largest absolute Gasteiger partial charge is 0.392 e. The molecule has 1 aliphatic rings. The van der Waals surface area contributed by atoms with Crippen LogP contribution in [-0.4, -0.2) is 10.9 Å². The van der Waals surface area contributed by atoms with Gasteiger partial charge < -0.3 is 11.1 Å². The monoisotopic (exact) mass is 422 g/mol. The van der Waals surface area contributed by atoms with Crippen LogP contribution >= 0.6 is 46.4 Å². The van der Waals surface area contributed by atoms with Crippen molar-refractivity contribution in [1.29, 1.82) is 0 Å². The molecular weight excluding hydrogens is 407 g/mol. The molecule has 1 fully saturated rings. The van der Waals surface area contributed by atoms with Crippen LogP contribution < -0.4 is 11.1 Å². The first-order valence-electron chi connectivity index (χ1n) is 6.52. The van der Waals surface area contributed by atoms with Crippen LogP contribution in [0.5, 0.6) is 0 Å². The number of benzene rings is 1. The molecule has 0 saturated heterocycles. The number of rotatable bonds is 3. The normalized spacial score (nSPS) is 17.5. The van der Waals surface area contributed by atoms with Crippen LogP contribution in [-0.2, 0) is 4.79 Å². The van der Waals surface area contributed by atoms with Crippen LogP contribution in [0, 0.1) is 8.99 Å². The van der Waals surface area contributed by atoms with E-state index in [1.54, 1.807) is 12.1 Å². The summed E-state index contributed by atoms with van der Waals surface area (Å²) in [7, 11) is 0. The molecule has 0 spiro atoms. The maximum Gasteiger partial charge on any atom is 0.237 e. The lowest BCUT2D eigenvalue weighted by Gasteiger charge is -2.34. The lowest BCUT2D eigenvalue weighted by Crippen LogP contribution is -2.47. The Morgan fingerprint density at radius 3 is 2.55 bits per heavy atom. The quantitative estimate of drug-likeness (QED) is 0.569. The maximum atomic E-state index is 12.7. The number of hydrogen-bond acceptors (Lipinski definition) is 2. The molecule has 20 heavy (non-hydrogen) atoms. The fourth-order valence-electron chi connectivity index (χ4n) is 2.57. The summed E-state index contributed by atoms with van der Waals surface area (Å²) < 4.78 is 0.900. The Balaban J connectivity index is 2.22. The molecule has 3 N–H and O–H groups in total. The molecule has 1 amide bonds. The fourth-order valence-corrected chi connectivity index (χ4v) is 3.88. The van der Waals surface area contributed by atoms with E-state index in [9.17, 15) is 4.79 Å². The van der Waals surface area contributed by atoms with Gasteiger partial charge in [-0.2, -0.15) is 0 Å². The van der Waals surface area contributed by atoms with Crippen molar-refractivity contribution >= 4 is 63.0 Å². The number of halogens is 2. The first-order chi connectivity index (χ1) is 9.45. The van der Waals surface area contributed by atoms with Crippen LogP contribution in [0.25, 0.3) is 0 Å². The summed E-state index contributed by atoms with van der Waals surface area (Å²) in [6, 6.07) is 5.37. The molecule has 0 radical (unpaired) electrons. The standard InChI is InChI=1S/C14H16ClIN2OS/c15-9-4-5-11(10(16)8-9)18-13(19)14(12(17)20)6-2-1-3-7-14/h4-5,8H,1-3,6-7H2,(H2,17,20)(H,18,19). The summed E-state index contributed by atoms with van der Waals surface area (Å²) in [5, 5.41) is 3.60. The average molecular weight is 423 g/mol. The highest BCUT2D eigenvalue weighted by Gasteiger charge is 2.42. The van der Waals surface area contributed by atoms with Gasteiger partial charge in [-0.1, -0.05) is 43.1 Å². The number of anilines is 1. The minimum atomic E-state index is -0.698. The molecule has 0 unspecified atom stereocenters.